The van der Waals surface area contributed by atoms with Crippen molar-refractivity contribution in [2.45, 2.75) is 6.92 Å². The third-order valence-electron chi connectivity index (χ3n) is 1.60. The van der Waals surface area contributed by atoms with Crippen molar-refractivity contribution in [3.05, 3.63) is 27.7 Å². The first-order valence-electron chi connectivity index (χ1n) is 3.34. The van der Waals surface area contributed by atoms with Gasteiger partial charge >= 0.3 is 7.12 Å². The first-order valence-corrected chi connectivity index (χ1v) is 4.09. The van der Waals surface area contributed by atoms with E-state index in [4.69, 9.17) is 33.2 Å². The van der Waals surface area contributed by atoms with Crippen LogP contribution in [0.3, 0.4) is 0 Å². The van der Waals surface area contributed by atoms with Gasteiger partial charge in [0.25, 0.3) is 0 Å². The molecule has 2 nitrogen and oxygen atoms in total. The van der Waals surface area contributed by atoms with Gasteiger partial charge in [-0.2, -0.15) is 0 Å². The Morgan fingerprint density at radius 1 is 1.17 bits per heavy atom. The molecule has 1 rings (SSSR count). The number of halogens is 2. The summed E-state index contributed by atoms with van der Waals surface area (Å²) < 4.78 is 0. The minimum atomic E-state index is -1.53. The molecular formula is C7H7BCl2O2. The molecule has 0 amide bonds. The van der Waals surface area contributed by atoms with E-state index in [1.54, 1.807) is 6.92 Å². The molecule has 0 aromatic heterocycles. The average molecular weight is 205 g/mol. The zero-order valence-electron chi connectivity index (χ0n) is 6.38. The lowest BCUT2D eigenvalue weighted by molar-refractivity contribution is 0.426. The van der Waals surface area contributed by atoms with E-state index < -0.39 is 7.12 Å². The Balaban J connectivity index is 3.21. The largest absolute Gasteiger partial charge is 0.488 e. The second-order valence-corrected chi connectivity index (χ2v) is 3.30. The summed E-state index contributed by atoms with van der Waals surface area (Å²) in [5.74, 6) is 0. The molecule has 0 aliphatic rings. The van der Waals surface area contributed by atoms with Crippen LogP contribution in [-0.2, 0) is 0 Å². The molecule has 0 fully saturated rings. The SMILES string of the molecule is Cc1c(Cl)cc(B(O)O)cc1Cl. The van der Waals surface area contributed by atoms with Gasteiger partial charge in [0.15, 0.2) is 0 Å². The quantitative estimate of drug-likeness (QED) is 0.670. The van der Waals surface area contributed by atoms with E-state index in [2.05, 4.69) is 0 Å². The molecule has 1 aromatic carbocycles. The Morgan fingerprint density at radius 3 is 1.92 bits per heavy atom. The van der Waals surface area contributed by atoms with Crippen molar-refractivity contribution in [3.63, 3.8) is 0 Å². The summed E-state index contributed by atoms with van der Waals surface area (Å²) in [5, 5.41) is 18.5. The molecular weight excluding hydrogens is 198 g/mol. The molecule has 5 heteroatoms. The molecule has 0 bridgehead atoms. The normalized spacial score (nSPS) is 10.1. The Kier molecular flexibility index (Phi) is 3.01. The van der Waals surface area contributed by atoms with Crippen LogP contribution < -0.4 is 5.46 Å². The van der Waals surface area contributed by atoms with Crippen molar-refractivity contribution in [2.75, 3.05) is 0 Å². The standard InChI is InChI=1S/C7H7BCl2O2/c1-4-6(9)2-5(8(11)12)3-7(4)10/h2-3,11-12H,1H3. The van der Waals surface area contributed by atoms with E-state index in [-0.39, 0.29) is 0 Å². The van der Waals surface area contributed by atoms with Gasteiger partial charge < -0.3 is 10.0 Å². The van der Waals surface area contributed by atoms with Gasteiger partial charge in [-0.25, -0.2) is 0 Å². The summed E-state index contributed by atoms with van der Waals surface area (Å²) in [6.07, 6.45) is 0. The molecule has 12 heavy (non-hydrogen) atoms. The fourth-order valence-corrected chi connectivity index (χ4v) is 1.32. The third kappa shape index (κ3) is 1.93. The van der Waals surface area contributed by atoms with E-state index in [1.165, 1.54) is 12.1 Å². The summed E-state index contributed by atoms with van der Waals surface area (Å²) in [5.41, 5.74) is 1.04. The van der Waals surface area contributed by atoms with Crippen molar-refractivity contribution in [3.8, 4) is 0 Å². The van der Waals surface area contributed by atoms with Crippen LogP contribution in [0, 0.1) is 6.92 Å². The predicted molar refractivity (Wildman–Crippen MR) is 51.0 cm³/mol. The van der Waals surface area contributed by atoms with Gasteiger partial charge in [-0.3, -0.25) is 0 Å². The number of rotatable bonds is 1. The zero-order valence-corrected chi connectivity index (χ0v) is 7.89. The van der Waals surface area contributed by atoms with E-state index in [9.17, 15) is 0 Å². The number of benzene rings is 1. The molecule has 0 aliphatic carbocycles. The number of hydrogen-bond donors (Lipinski definition) is 2. The molecule has 0 spiro atoms. The fourth-order valence-electron chi connectivity index (χ4n) is 0.814. The van der Waals surface area contributed by atoms with Crippen LogP contribution in [-0.4, -0.2) is 17.2 Å². The predicted octanol–water partition coefficient (Wildman–Crippen LogP) is 0.982. The second-order valence-electron chi connectivity index (χ2n) is 2.48. The van der Waals surface area contributed by atoms with Crippen LogP contribution in [0.2, 0.25) is 10.0 Å². The topological polar surface area (TPSA) is 40.5 Å². The van der Waals surface area contributed by atoms with E-state index >= 15 is 0 Å². The van der Waals surface area contributed by atoms with Gasteiger partial charge in [0, 0.05) is 10.0 Å². The van der Waals surface area contributed by atoms with Crippen molar-refractivity contribution in [2.24, 2.45) is 0 Å². The average Bonchev–Trinajstić information content (AvgIpc) is 1.99. The second kappa shape index (κ2) is 3.67. The van der Waals surface area contributed by atoms with Crippen LogP contribution in [0.5, 0.6) is 0 Å². The molecule has 1 aromatic rings. The fraction of sp³-hybridized carbons (Fsp3) is 0.143. The maximum atomic E-state index is 8.80. The highest BCUT2D eigenvalue weighted by Gasteiger charge is 2.13. The van der Waals surface area contributed by atoms with Crippen molar-refractivity contribution < 1.29 is 10.0 Å². The molecule has 2 N–H and O–H groups in total. The Bertz CT molecular complexity index is 278. The van der Waals surface area contributed by atoms with E-state index in [0.717, 1.165) is 5.56 Å². The lowest BCUT2D eigenvalue weighted by atomic mass is 9.80. The first-order chi connectivity index (χ1) is 5.52. The summed E-state index contributed by atoms with van der Waals surface area (Å²) in [7, 11) is -1.53. The molecule has 0 atom stereocenters. The van der Waals surface area contributed by atoms with Crippen LogP contribution in [0.15, 0.2) is 12.1 Å². The molecule has 0 radical (unpaired) electrons. The molecule has 0 aliphatic heterocycles. The van der Waals surface area contributed by atoms with Gasteiger partial charge in [-0.05, 0) is 30.1 Å². The van der Waals surface area contributed by atoms with Gasteiger partial charge in [-0.1, -0.05) is 23.2 Å². The molecule has 0 heterocycles. The monoisotopic (exact) mass is 204 g/mol. The Hall–Kier alpha value is -0.215. The third-order valence-corrected chi connectivity index (χ3v) is 2.39. The Morgan fingerprint density at radius 2 is 1.58 bits per heavy atom. The van der Waals surface area contributed by atoms with Crippen LogP contribution in [0.4, 0.5) is 0 Å². The van der Waals surface area contributed by atoms with Gasteiger partial charge in [0.1, 0.15) is 0 Å². The van der Waals surface area contributed by atoms with E-state index in [0.29, 0.717) is 15.5 Å². The van der Waals surface area contributed by atoms with Crippen molar-refractivity contribution >= 4 is 35.8 Å². The molecule has 0 saturated heterocycles. The maximum Gasteiger partial charge on any atom is 0.488 e. The van der Waals surface area contributed by atoms with Gasteiger partial charge in [0.2, 0.25) is 0 Å². The van der Waals surface area contributed by atoms with Gasteiger partial charge in [-0.15, -0.1) is 0 Å². The summed E-state index contributed by atoms with van der Waals surface area (Å²) in [6, 6.07) is 2.96. The van der Waals surface area contributed by atoms with Crippen LogP contribution >= 0.6 is 23.2 Å². The van der Waals surface area contributed by atoms with Crippen molar-refractivity contribution in [1.82, 2.24) is 0 Å². The first kappa shape index (κ1) is 9.87. The summed E-state index contributed by atoms with van der Waals surface area (Å²) >= 11 is 11.5. The molecule has 64 valence electrons. The zero-order chi connectivity index (χ0) is 9.30. The summed E-state index contributed by atoms with van der Waals surface area (Å²) in [6.45, 7) is 1.76. The van der Waals surface area contributed by atoms with Crippen molar-refractivity contribution in [1.29, 1.82) is 0 Å². The maximum absolute atomic E-state index is 8.80. The Labute approximate surface area is 80.9 Å². The smallest absolute Gasteiger partial charge is 0.423 e. The minimum absolute atomic E-state index is 0.301. The minimum Gasteiger partial charge on any atom is -0.423 e. The van der Waals surface area contributed by atoms with Crippen LogP contribution in [0.1, 0.15) is 5.56 Å². The van der Waals surface area contributed by atoms with Gasteiger partial charge in [0.05, 0.1) is 0 Å². The lowest BCUT2D eigenvalue weighted by Crippen LogP contribution is -2.29. The molecule has 0 unspecified atom stereocenters. The van der Waals surface area contributed by atoms with E-state index in [1.807, 2.05) is 0 Å². The highest BCUT2D eigenvalue weighted by molar-refractivity contribution is 6.59. The highest BCUT2D eigenvalue weighted by Crippen LogP contribution is 2.21. The lowest BCUT2D eigenvalue weighted by Gasteiger charge is -2.04. The molecule has 0 saturated carbocycles. The number of hydrogen-bond acceptors (Lipinski definition) is 2. The highest BCUT2D eigenvalue weighted by atomic mass is 35.5. The summed E-state index contributed by atoms with van der Waals surface area (Å²) in [4.78, 5) is 0. The van der Waals surface area contributed by atoms with Crippen LogP contribution in [0.25, 0.3) is 0 Å².